The van der Waals surface area contributed by atoms with Crippen LogP contribution in [0.1, 0.15) is 0 Å². The summed E-state index contributed by atoms with van der Waals surface area (Å²) in [7, 11) is 0. The Morgan fingerprint density at radius 2 is 0.969 bits per heavy atom. The minimum atomic E-state index is 0.563. The average Bonchev–Trinajstić information content (AvgIpc) is 4.07. The second kappa shape index (κ2) is 11.6. The van der Waals surface area contributed by atoms with Gasteiger partial charge in [0.05, 0.1) is 55.4 Å². The van der Waals surface area contributed by atoms with E-state index < -0.39 is 0 Å². The molecule has 6 heterocycles. The van der Waals surface area contributed by atoms with Crippen LogP contribution in [-0.2, 0) is 0 Å². The lowest BCUT2D eigenvalue weighted by Crippen LogP contribution is -2.03. The Morgan fingerprint density at radius 3 is 1.88 bits per heavy atom. The summed E-state index contributed by atoms with van der Waals surface area (Å²) in [6.07, 6.45) is 0. The number of para-hydroxylation sites is 2. The molecule has 0 aliphatic rings. The predicted molar refractivity (Wildman–Crippen MR) is 264 cm³/mol. The molecule has 16 aromatic rings. The van der Waals surface area contributed by atoms with Gasteiger partial charge in [-0.3, -0.25) is 4.57 Å². The molecule has 16 rings (SSSR count). The summed E-state index contributed by atoms with van der Waals surface area (Å²) in [4.78, 5) is 11.0. The fraction of sp³-hybridized carbons (Fsp3) is 0. The molecule has 0 bridgehead atoms. The van der Waals surface area contributed by atoms with Crippen molar-refractivity contribution in [2.75, 3.05) is 0 Å². The van der Waals surface area contributed by atoms with Gasteiger partial charge >= 0.3 is 0 Å². The van der Waals surface area contributed by atoms with Gasteiger partial charge in [-0.25, -0.2) is 4.98 Å². The molecule has 294 valence electrons. The zero-order valence-electron chi connectivity index (χ0n) is 34.0. The lowest BCUT2D eigenvalue weighted by molar-refractivity contribution is 0.651. The molecule has 0 radical (unpaired) electrons. The molecule has 0 N–H and O–H groups in total. The van der Waals surface area contributed by atoms with E-state index in [1.165, 1.54) is 81.3 Å². The SMILES string of the molecule is c1ccc2c(-n3c4ccc5c6c4c4c3cccc4n3c4ccccc4c4ccc(c6c43)n5-c3nc(-c4ccc5c(ccc6ccccc65)c4)c4c(n3)oc3ccccc34)cccc2c1. The Labute approximate surface area is 362 Å². The second-order valence-electron chi connectivity index (χ2n) is 17.3. The van der Waals surface area contributed by atoms with E-state index in [4.69, 9.17) is 14.4 Å². The van der Waals surface area contributed by atoms with Crippen molar-refractivity contribution in [2.24, 2.45) is 0 Å². The maximum Gasteiger partial charge on any atom is 0.238 e. The first-order valence-electron chi connectivity index (χ1n) is 21.8. The molecule has 6 aromatic heterocycles. The maximum absolute atomic E-state index is 6.68. The number of fused-ring (bicyclic) bond motifs is 11. The third kappa shape index (κ3) is 3.98. The first-order chi connectivity index (χ1) is 31.8. The highest BCUT2D eigenvalue weighted by atomic mass is 16.3. The predicted octanol–water partition coefficient (Wildman–Crippen LogP) is 15.1. The van der Waals surface area contributed by atoms with Gasteiger partial charge in [0, 0.05) is 48.7 Å². The van der Waals surface area contributed by atoms with Gasteiger partial charge in [-0.1, -0.05) is 133 Å². The smallest absolute Gasteiger partial charge is 0.238 e. The van der Waals surface area contributed by atoms with Crippen molar-refractivity contribution in [3.63, 3.8) is 0 Å². The van der Waals surface area contributed by atoms with Gasteiger partial charge in [0.2, 0.25) is 11.7 Å². The second-order valence-corrected chi connectivity index (χ2v) is 17.3. The van der Waals surface area contributed by atoms with Gasteiger partial charge in [0.15, 0.2) is 0 Å². The number of hydrogen-bond donors (Lipinski definition) is 0. The molecule has 0 fully saturated rings. The van der Waals surface area contributed by atoms with E-state index in [-0.39, 0.29) is 0 Å². The normalized spacial score (nSPS) is 12.7. The van der Waals surface area contributed by atoms with E-state index in [0.29, 0.717) is 11.7 Å². The summed E-state index contributed by atoms with van der Waals surface area (Å²) in [5.41, 5.74) is 12.4. The molecule has 0 atom stereocenters. The highest BCUT2D eigenvalue weighted by Gasteiger charge is 2.29. The number of aromatic nitrogens is 5. The zero-order chi connectivity index (χ0) is 41.4. The van der Waals surface area contributed by atoms with E-state index in [2.05, 4.69) is 189 Å². The van der Waals surface area contributed by atoms with Crippen LogP contribution in [0.5, 0.6) is 0 Å². The third-order valence-corrected chi connectivity index (χ3v) is 14.2. The standard InChI is InChI=1S/C58H31N5O/c1-3-14-36-33(12-1)23-24-34-31-35(25-26-37(34)36)55-50-41-17-6-8-22-49(41)64-57(50)60-58(59-55)63-47-30-29-46-52-51-44(61(46)42-19-9-13-32-11-2-4-15-38(32)42)20-10-21-45(51)62-43-18-7-5-16-39(43)40-27-28-48(63)54(53(47)52)56(40)62/h1-31H. The monoisotopic (exact) mass is 813 g/mol. The van der Waals surface area contributed by atoms with Gasteiger partial charge in [0.1, 0.15) is 5.58 Å². The lowest BCUT2D eigenvalue weighted by Gasteiger charge is -2.12. The van der Waals surface area contributed by atoms with Crippen molar-refractivity contribution in [1.82, 2.24) is 23.5 Å². The van der Waals surface area contributed by atoms with Crippen LogP contribution in [0, 0.1) is 0 Å². The molecular formula is C58H31N5O. The fourth-order valence-corrected chi connectivity index (χ4v) is 11.6. The van der Waals surface area contributed by atoms with Crippen LogP contribution in [-0.4, -0.2) is 23.5 Å². The maximum atomic E-state index is 6.68. The summed E-state index contributed by atoms with van der Waals surface area (Å²) < 4.78 is 14.0. The van der Waals surface area contributed by atoms with Crippen molar-refractivity contribution in [3.05, 3.63) is 188 Å². The van der Waals surface area contributed by atoms with Crippen LogP contribution in [0.25, 0.3) is 148 Å². The van der Waals surface area contributed by atoms with Crippen molar-refractivity contribution in [2.45, 2.75) is 0 Å². The number of hydrogen-bond acceptors (Lipinski definition) is 3. The number of nitrogens with zero attached hydrogens (tertiary/aromatic N) is 5. The van der Waals surface area contributed by atoms with Gasteiger partial charge in [-0.2, -0.15) is 4.98 Å². The molecule has 6 heteroatoms. The summed E-state index contributed by atoms with van der Waals surface area (Å²) in [6.45, 7) is 0. The van der Waals surface area contributed by atoms with E-state index in [1.807, 2.05) is 12.1 Å². The summed E-state index contributed by atoms with van der Waals surface area (Å²) >= 11 is 0. The molecule has 0 saturated heterocycles. The lowest BCUT2D eigenvalue weighted by atomic mass is 9.98. The van der Waals surface area contributed by atoms with Crippen LogP contribution in [0.2, 0.25) is 0 Å². The molecule has 10 aromatic carbocycles. The van der Waals surface area contributed by atoms with Gasteiger partial charge in [-0.05, 0) is 81.5 Å². The number of furan rings is 1. The van der Waals surface area contributed by atoms with Crippen LogP contribution in [0.15, 0.2) is 192 Å². The topological polar surface area (TPSA) is 53.2 Å². The Kier molecular flexibility index (Phi) is 5.97. The minimum absolute atomic E-state index is 0.563. The fourth-order valence-electron chi connectivity index (χ4n) is 11.6. The van der Waals surface area contributed by atoms with Gasteiger partial charge in [0.25, 0.3) is 0 Å². The Morgan fingerprint density at radius 1 is 0.359 bits per heavy atom. The minimum Gasteiger partial charge on any atom is -0.437 e. The Bertz CT molecular complexity index is 4670. The number of benzene rings is 10. The molecule has 6 nitrogen and oxygen atoms in total. The van der Waals surface area contributed by atoms with Crippen LogP contribution >= 0.6 is 0 Å². The summed E-state index contributed by atoms with van der Waals surface area (Å²) in [5, 5.41) is 16.5. The quantitative estimate of drug-likeness (QED) is 0.167. The molecule has 0 saturated carbocycles. The molecule has 0 aliphatic heterocycles. The average molecular weight is 814 g/mol. The highest BCUT2D eigenvalue weighted by molar-refractivity contribution is 6.38. The van der Waals surface area contributed by atoms with E-state index in [0.717, 1.165) is 55.2 Å². The third-order valence-electron chi connectivity index (χ3n) is 14.2. The first-order valence-corrected chi connectivity index (χ1v) is 21.8. The Hall–Kier alpha value is -8.74. The molecule has 0 amide bonds. The zero-order valence-corrected chi connectivity index (χ0v) is 34.0. The molecule has 64 heavy (non-hydrogen) atoms. The molecular weight excluding hydrogens is 783 g/mol. The van der Waals surface area contributed by atoms with Crippen molar-refractivity contribution < 1.29 is 4.42 Å². The molecule has 0 spiro atoms. The van der Waals surface area contributed by atoms with Crippen LogP contribution in [0.4, 0.5) is 0 Å². The largest absolute Gasteiger partial charge is 0.437 e. The molecule has 0 aliphatic carbocycles. The van der Waals surface area contributed by atoms with Crippen LogP contribution < -0.4 is 0 Å². The van der Waals surface area contributed by atoms with E-state index >= 15 is 0 Å². The van der Waals surface area contributed by atoms with Gasteiger partial charge < -0.3 is 13.4 Å². The van der Waals surface area contributed by atoms with E-state index in [1.54, 1.807) is 0 Å². The van der Waals surface area contributed by atoms with Crippen LogP contribution in [0.3, 0.4) is 0 Å². The summed E-state index contributed by atoms with van der Waals surface area (Å²) in [5.74, 6) is 0.570. The Balaban J connectivity index is 1.08. The van der Waals surface area contributed by atoms with Gasteiger partial charge in [-0.15, -0.1) is 0 Å². The summed E-state index contributed by atoms with van der Waals surface area (Å²) in [6, 6.07) is 68.1. The number of rotatable bonds is 3. The van der Waals surface area contributed by atoms with Crippen molar-refractivity contribution in [3.8, 4) is 22.9 Å². The van der Waals surface area contributed by atoms with Crippen molar-refractivity contribution in [1.29, 1.82) is 0 Å². The highest BCUT2D eigenvalue weighted by Crippen LogP contribution is 2.50. The molecule has 0 unspecified atom stereocenters. The first kappa shape index (κ1) is 33.0. The van der Waals surface area contributed by atoms with Crippen molar-refractivity contribution >= 4 is 125 Å². The van der Waals surface area contributed by atoms with E-state index in [9.17, 15) is 0 Å².